The molecule has 0 aliphatic carbocycles. The maximum atomic E-state index is 4.58. The fourth-order valence-electron chi connectivity index (χ4n) is 3.65. The molecule has 1 aliphatic rings. The van der Waals surface area contributed by atoms with E-state index in [1.165, 1.54) is 36.2 Å². The zero-order valence-corrected chi connectivity index (χ0v) is 15.3. The molecule has 1 fully saturated rings. The zero-order valence-electron chi connectivity index (χ0n) is 15.3. The van der Waals surface area contributed by atoms with Gasteiger partial charge in [0.1, 0.15) is 0 Å². The Bertz CT molecular complexity index is 634. The van der Waals surface area contributed by atoms with Gasteiger partial charge in [0.25, 0.3) is 0 Å². The molecule has 130 valence electrons. The summed E-state index contributed by atoms with van der Waals surface area (Å²) in [6, 6.07) is 11.4. The summed E-state index contributed by atoms with van der Waals surface area (Å²) in [5, 5.41) is 4.58. The van der Waals surface area contributed by atoms with Crippen LogP contribution in [0.15, 0.2) is 36.5 Å². The van der Waals surface area contributed by atoms with Crippen LogP contribution in [-0.4, -0.2) is 45.8 Å². The first kappa shape index (κ1) is 17.2. The molecular formula is C20H30N4. The van der Waals surface area contributed by atoms with Crippen molar-refractivity contribution in [3.8, 4) is 0 Å². The van der Waals surface area contributed by atoms with E-state index in [2.05, 4.69) is 72.3 Å². The summed E-state index contributed by atoms with van der Waals surface area (Å²) >= 11 is 0. The molecule has 0 bridgehead atoms. The van der Waals surface area contributed by atoms with Crippen molar-refractivity contribution < 1.29 is 0 Å². The van der Waals surface area contributed by atoms with Gasteiger partial charge in [-0.05, 0) is 45.8 Å². The van der Waals surface area contributed by atoms with Crippen LogP contribution in [0, 0.1) is 6.92 Å². The molecule has 1 aliphatic heterocycles. The quantitative estimate of drug-likeness (QED) is 0.814. The van der Waals surface area contributed by atoms with Gasteiger partial charge in [-0.2, -0.15) is 5.10 Å². The first-order valence-corrected chi connectivity index (χ1v) is 9.15. The molecule has 0 radical (unpaired) electrons. The maximum Gasteiger partial charge on any atom is 0.0638 e. The van der Waals surface area contributed by atoms with Crippen molar-refractivity contribution in [3.05, 3.63) is 53.3 Å². The molecular weight excluding hydrogens is 296 g/mol. The first-order valence-electron chi connectivity index (χ1n) is 9.15. The second-order valence-electron chi connectivity index (χ2n) is 7.03. The minimum atomic E-state index is 0.639. The SMILES string of the molecule is CCn1cc(CN2CCC[C@@H](N(C)Cc3ccccc3)C2)c(C)n1. The molecule has 1 aromatic heterocycles. The Hall–Kier alpha value is -1.65. The zero-order chi connectivity index (χ0) is 16.9. The monoisotopic (exact) mass is 326 g/mol. The van der Waals surface area contributed by atoms with Crippen molar-refractivity contribution in [2.24, 2.45) is 0 Å². The van der Waals surface area contributed by atoms with Crippen LogP contribution in [0.25, 0.3) is 0 Å². The highest BCUT2D eigenvalue weighted by Crippen LogP contribution is 2.19. The first-order chi connectivity index (χ1) is 11.7. The van der Waals surface area contributed by atoms with Gasteiger partial charge in [0.2, 0.25) is 0 Å². The van der Waals surface area contributed by atoms with E-state index in [-0.39, 0.29) is 0 Å². The lowest BCUT2D eigenvalue weighted by atomic mass is 10.0. The molecule has 4 heteroatoms. The van der Waals surface area contributed by atoms with Gasteiger partial charge in [-0.25, -0.2) is 0 Å². The van der Waals surface area contributed by atoms with Crippen LogP contribution in [0.1, 0.15) is 36.6 Å². The number of likely N-dealkylation sites (tertiary alicyclic amines) is 1. The number of nitrogens with zero attached hydrogens (tertiary/aromatic N) is 4. The van der Waals surface area contributed by atoms with Gasteiger partial charge < -0.3 is 0 Å². The molecule has 1 aromatic carbocycles. The molecule has 0 spiro atoms. The van der Waals surface area contributed by atoms with Crippen molar-refractivity contribution in [1.29, 1.82) is 0 Å². The van der Waals surface area contributed by atoms with Gasteiger partial charge in [-0.15, -0.1) is 0 Å². The van der Waals surface area contributed by atoms with Crippen molar-refractivity contribution in [3.63, 3.8) is 0 Å². The van der Waals surface area contributed by atoms with Crippen molar-refractivity contribution >= 4 is 0 Å². The van der Waals surface area contributed by atoms with Crippen molar-refractivity contribution in [2.75, 3.05) is 20.1 Å². The van der Waals surface area contributed by atoms with Crippen LogP contribution in [0.2, 0.25) is 0 Å². The summed E-state index contributed by atoms with van der Waals surface area (Å²) in [5.74, 6) is 0. The molecule has 1 atom stereocenters. The van der Waals surface area contributed by atoms with Gasteiger partial charge in [-0.1, -0.05) is 30.3 Å². The molecule has 1 saturated heterocycles. The lowest BCUT2D eigenvalue weighted by molar-refractivity contribution is 0.107. The largest absolute Gasteiger partial charge is 0.298 e. The lowest BCUT2D eigenvalue weighted by Crippen LogP contribution is -2.45. The summed E-state index contributed by atoms with van der Waals surface area (Å²) in [6.07, 6.45) is 4.80. The number of rotatable bonds is 6. The third kappa shape index (κ3) is 4.25. The summed E-state index contributed by atoms with van der Waals surface area (Å²) in [5.41, 5.74) is 3.96. The van der Waals surface area contributed by atoms with Crippen LogP contribution in [-0.2, 0) is 19.6 Å². The third-order valence-corrected chi connectivity index (χ3v) is 5.14. The maximum absolute atomic E-state index is 4.58. The van der Waals surface area contributed by atoms with E-state index in [0.29, 0.717) is 6.04 Å². The van der Waals surface area contributed by atoms with Gasteiger partial charge in [0, 0.05) is 44.0 Å². The average Bonchev–Trinajstić information content (AvgIpc) is 2.96. The molecule has 0 saturated carbocycles. The van der Waals surface area contributed by atoms with Crippen molar-refractivity contribution in [2.45, 2.75) is 52.4 Å². The highest BCUT2D eigenvalue weighted by atomic mass is 15.3. The van der Waals surface area contributed by atoms with E-state index >= 15 is 0 Å². The number of aromatic nitrogens is 2. The summed E-state index contributed by atoms with van der Waals surface area (Å²) in [6.45, 7) is 9.64. The standard InChI is InChI=1S/C20H30N4/c1-4-24-15-19(17(2)21-24)14-23-12-8-11-20(16-23)22(3)13-18-9-6-5-7-10-18/h5-7,9-10,15,20H,4,8,11-14,16H2,1-3H3/t20-/m1/s1. The molecule has 2 heterocycles. The minimum Gasteiger partial charge on any atom is -0.298 e. The number of hydrogen-bond donors (Lipinski definition) is 0. The molecule has 0 N–H and O–H groups in total. The summed E-state index contributed by atoms with van der Waals surface area (Å²) in [4.78, 5) is 5.11. The molecule has 4 nitrogen and oxygen atoms in total. The second-order valence-corrected chi connectivity index (χ2v) is 7.03. The Morgan fingerprint density at radius 2 is 2.04 bits per heavy atom. The van der Waals surface area contributed by atoms with E-state index in [4.69, 9.17) is 0 Å². The van der Waals surface area contributed by atoms with Gasteiger partial charge in [0.15, 0.2) is 0 Å². The van der Waals surface area contributed by atoms with E-state index in [1.807, 2.05) is 4.68 Å². The fraction of sp³-hybridized carbons (Fsp3) is 0.550. The highest BCUT2D eigenvalue weighted by Gasteiger charge is 2.24. The number of aryl methyl sites for hydroxylation is 2. The average molecular weight is 326 g/mol. The Labute approximate surface area is 146 Å². The highest BCUT2D eigenvalue weighted by molar-refractivity contribution is 5.16. The van der Waals surface area contributed by atoms with Crippen LogP contribution < -0.4 is 0 Å². The Balaban J connectivity index is 1.58. The number of benzene rings is 1. The topological polar surface area (TPSA) is 24.3 Å². The van der Waals surface area contributed by atoms with Crippen LogP contribution >= 0.6 is 0 Å². The molecule has 0 unspecified atom stereocenters. The van der Waals surface area contributed by atoms with Crippen molar-refractivity contribution in [1.82, 2.24) is 19.6 Å². The predicted molar refractivity (Wildman–Crippen MR) is 98.8 cm³/mol. The van der Waals surface area contributed by atoms with Gasteiger partial charge >= 0.3 is 0 Å². The van der Waals surface area contributed by atoms with E-state index in [1.54, 1.807) is 0 Å². The smallest absolute Gasteiger partial charge is 0.0638 e. The molecule has 2 aromatic rings. The van der Waals surface area contributed by atoms with Gasteiger partial charge in [-0.3, -0.25) is 14.5 Å². The van der Waals surface area contributed by atoms with E-state index in [9.17, 15) is 0 Å². The Morgan fingerprint density at radius 1 is 1.25 bits per heavy atom. The fourth-order valence-corrected chi connectivity index (χ4v) is 3.65. The van der Waals surface area contributed by atoms with Crippen LogP contribution in [0.4, 0.5) is 0 Å². The predicted octanol–water partition coefficient (Wildman–Crippen LogP) is 3.31. The normalized spacial score (nSPS) is 19.1. The second kappa shape index (κ2) is 7.95. The molecule has 24 heavy (non-hydrogen) atoms. The number of hydrogen-bond acceptors (Lipinski definition) is 3. The van der Waals surface area contributed by atoms with Crippen LogP contribution in [0.3, 0.4) is 0 Å². The van der Waals surface area contributed by atoms with E-state index in [0.717, 1.165) is 26.2 Å². The molecule has 0 amide bonds. The number of likely N-dealkylation sites (N-methyl/N-ethyl adjacent to an activating group) is 1. The minimum absolute atomic E-state index is 0.639. The summed E-state index contributed by atoms with van der Waals surface area (Å²) in [7, 11) is 2.27. The Kier molecular flexibility index (Phi) is 5.69. The third-order valence-electron chi connectivity index (χ3n) is 5.14. The van der Waals surface area contributed by atoms with Crippen LogP contribution in [0.5, 0.6) is 0 Å². The van der Waals surface area contributed by atoms with Gasteiger partial charge in [0.05, 0.1) is 5.69 Å². The molecule has 3 rings (SSSR count). The lowest BCUT2D eigenvalue weighted by Gasteiger charge is -2.37. The Morgan fingerprint density at radius 3 is 2.75 bits per heavy atom. The summed E-state index contributed by atoms with van der Waals surface area (Å²) < 4.78 is 2.05. The number of piperidine rings is 1. The van der Waals surface area contributed by atoms with E-state index < -0.39 is 0 Å².